The molecule has 0 radical (unpaired) electrons. The first-order chi connectivity index (χ1) is 12.1. The van der Waals surface area contributed by atoms with E-state index in [1.807, 2.05) is 19.1 Å². The molecule has 2 fully saturated rings. The number of amides is 1. The highest BCUT2D eigenvalue weighted by molar-refractivity contribution is 9.10. The lowest BCUT2D eigenvalue weighted by Crippen LogP contribution is -2.50. The number of aromatic nitrogens is 1. The summed E-state index contributed by atoms with van der Waals surface area (Å²) in [5, 5.41) is 4.20. The van der Waals surface area contributed by atoms with Gasteiger partial charge in [0, 0.05) is 40.2 Å². The molecule has 5 nitrogen and oxygen atoms in total. The molecular formula is C19H24BrN3O2. The Hall–Kier alpha value is -1.37. The number of halogens is 1. The van der Waals surface area contributed by atoms with Crippen molar-refractivity contribution >= 4 is 32.7 Å². The number of hydrogen-bond donors (Lipinski definition) is 1. The Kier molecular flexibility index (Phi) is 4.84. The first-order valence-corrected chi connectivity index (χ1v) is 9.78. The molecule has 0 bridgehead atoms. The number of nitrogens with zero attached hydrogens (tertiary/aromatic N) is 2. The van der Waals surface area contributed by atoms with Gasteiger partial charge in [-0.15, -0.1) is 0 Å². The average Bonchev–Trinajstić information content (AvgIpc) is 3.19. The van der Waals surface area contributed by atoms with Gasteiger partial charge in [0.2, 0.25) is 5.91 Å². The number of rotatable bonds is 4. The monoisotopic (exact) mass is 405 g/mol. The van der Waals surface area contributed by atoms with Crippen LogP contribution in [-0.2, 0) is 16.1 Å². The van der Waals surface area contributed by atoms with Crippen LogP contribution in [0.4, 0.5) is 0 Å². The van der Waals surface area contributed by atoms with E-state index in [4.69, 9.17) is 4.74 Å². The summed E-state index contributed by atoms with van der Waals surface area (Å²) in [5.74, 6) is 0.0310. The summed E-state index contributed by atoms with van der Waals surface area (Å²) in [6, 6.07) is 8.74. The maximum absolute atomic E-state index is 12.5. The molecule has 2 saturated heterocycles. The molecule has 2 atom stereocenters. The predicted molar refractivity (Wildman–Crippen MR) is 102 cm³/mol. The standard InChI is InChI=1S/C19H24BrN3O2/c1-13-19(20)16-6-2-3-7-17(16)23(13)11-18(24)21-9-15-10-22-8-4-5-14(22)12-25-15/h2-3,6-7,14-15H,4-5,8-12H2,1H3,(H,21,24). The van der Waals surface area contributed by atoms with Gasteiger partial charge in [0.05, 0.1) is 12.7 Å². The molecule has 2 aliphatic heterocycles. The van der Waals surface area contributed by atoms with Gasteiger partial charge in [-0.2, -0.15) is 0 Å². The van der Waals surface area contributed by atoms with E-state index in [-0.39, 0.29) is 12.0 Å². The highest BCUT2D eigenvalue weighted by Gasteiger charge is 2.32. The van der Waals surface area contributed by atoms with Gasteiger partial charge < -0.3 is 14.6 Å². The van der Waals surface area contributed by atoms with Gasteiger partial charge in [0.15, 0.2) is 0 Å². The molecule has 0 saturated carbocycles. The summed E-state index contributed by atoms with van der Waals surface area (Å²) in [4.78, 5) is 15.0. The first-order valence-electron chi connectivity index (χ1n) is 8.99. The number of morpholine rings is 1. The number of nitrogens with one attached hydrogen (secondary N) is 1. The van der Waals surface area contributed by atoms with Crippen LogP contribution in [0, 0.1) is 6.92 Å². The average molecular weight is 406 g/mol. The number of hydrogen-bond acceptors (Lipinski definition) is 3. The van der Waals surface area contributed by atoms with Crippen LogP contribution in [0.1, 0.15) is 18.5 Å². The van der Waals surface area contributed by atoms with Crippen LogP contribution in [0.15, 0.2) is 28.7 Å². The summed E-state index contributed by atoms with van der Waals surface area (Å²) >= 11 is 3.64. The second-order valence-corrected chi connectivity index (χ2v) is 7.85. The Balaban J connectivity index is 1.37. The van der Waals surface area contributed by atoms with Crippen molar-refractivity contribution in [3.8, 4) is 0 Å². The van der Waals surface area contributed by atoms with E-state index in [2.05, 4.69) is 42.8 Å². The molecule has 25 heavy (non-hydrogen) atoms. The molecule has 0 aliphatic carbocycles. The quantitative estimate of drug-likeness (QED) is 0.850. The van der Waals surface area contributed by atoms with Crippen LogP contribution in [0.5, 0.6) is 0 Å². The summed E-state index contributed by atoms with van der Waals surface area (Å²) in [5.41, 5.74) is 2.15. The van der Waals surface area contributed by atoms with E-state index in [9.17, 15) is 4.79 Å². The summed E-state index contributed by atoms with van der Waals surface area (Å²) in [6.45, 7) is 5.85. The van der Waals surface area contributed by atoms with Crippen LogP contribution in [0.3, 0.4) is 0 Å². The highest BCUT2D eigenvalue weighted by atomic mass is 79.9. The minimum absolute atomic E-state index is 0.0310. The van der Waals surface area contributed by atoms with Gasteiger partial charge in [0.25, 0.3) is 0 Å². The van der Waals surface area contributed by atoms with Gasteiger partial charge in [-0.1, -0.05) is 18.2 Å². The largest absolute Gasteiger partial charge is 0.373 e. The number of fused-ring (bicyclic) bond motifs is 2. The van der Waals surface area contributed by atoms with Gasteiger partial charge in [-0.25, -0.2) is 0 Å². The van der Waals surface area contributed by atoms with Crippen molar-refractivity contribution in [1.82, 2.24) is 14.8 Å². The molecular weight excluding hydrogens is 382 g/mol. The summed E-state index contributed by atoms with van der Waals surface area (Å²) < 4.78 is 9.04. The Morgan fingerprint density at radius 3 is 3.12 bits per heavy atom. The van der Waals surface area contributed by atoms with E-state index in [1.54, 1.807) is 0 Å². The van der Waals surface area contributed by atoms with Gasteiger partial charge >= 0.3 is 0 Å². The predicted octanol–water partition coefficient (Wildman–Crippen LogP) is 2.69. The maximum Gasteiger partial charge on any atom is 0.240 e. The van der Waals surface area contributed by atoms with Gasteiger partial charge in [-0.05, 0) is 48.3 Å². The molecule has 134 valence electrons. The number of para-hydroxylation sites is 1. The Morgan fingerprint density at radius 1 is 1.40 bits per heavy atom. The van der Waals surface area contributed by atoms with E-state index in [1.165, 1.54) is 19.4 Å². The fraction of sp³-hybridized carbons (Fsp3) is 0.526. The molecule has 1 aromatic heterocycles. The fourth-order valence-corrected chi connectivity index (χ4v) is 4.58. The van der Waals surface area contributed by atoms with Crippen LogP contribution in [-0.4, -0.2) is 53.8 Å². The number of ether oxygens (including phenoxy) is 1. The van der Waals surface area contributed by atoms with Crippen LogP contribution in [0.2, 0.25) is 0 Å². The van der Waals surface area contributed by atoms with Crippen molar-refractivity contribution in [2.75, 3.05) is 26.2 Å². The molecule has 2 aliphatic rings. The molecule has 6 heteroatoms. The van der Waals surface area contributed by atoms with Crippen molar-refractivity contribution < 1.29 is 9.53 Å². The molecule has 1 amide bonds. The zero-order valence-corrected chi connectivity index (χ0v) is 16.1. The van der Waals surface area contributed by atoms with E-state index in [0.717, 1.165) is 34.2 Å². The summed E-state index contributed by atoms with van der Waals surface area (Å²) in [6.07, 6.45) is 2.61. The number of benzene rings is 1. The lowest BCUT2D eigenvalue weighted by atomic mass is 10.2. The normalized spacial score (nSPS) is 23.8. The van der Waals surface area contributed by atoms with E-state index >= 15 is 0 Å². The van der Waals surface area contributed by atoms with Crippen molar-refractivity contribution in [2.45, 2.75) is 38.5 Å². The van der Waals surface area contributed by atoms with E-state index < -0.39 is 0 Å². The molecule has 0 spiro atoms. The molecule has 2 unspecified atom stereocenters. The molecule has 3 heterocycles. The number of carbonyl (C=O) groups is 1. The second-order valence-electron chi connectivity index (χ2n) is 7.05. The Bertz CT molecular complexity index is 788. The topological polar surface area (TPSA) is 46.5 Å². The molecule has 4 rings (SSSR count). The fourth-order valence-electron chi connectivity index (χ4n) is 4.03. The Morgan fingerprint density at radius 2 is 2.24 bits per heavy atom. The summed E-state index contributed by atoms with van der Waals surface area (Å²) in [7, 11) is 0. The van der Waals surface area contributed by atoms with Crippen molar-refractivity contribution in [3.63, 3.8) is 0 Å². The zero-order chi connectivity index (χ0) is 17.4. The molecule has 1 N–H and O–H groups in total. The van der Waals surface area contributed by atoms with Crippen LogP contribution in [0.25, 0.3) is 10.9 Å². The van der Waals surface area contributed by atoms with Crippen LogP contribution >= 0.6 is 15.9 Å². The van der Waals surface area contributed by atoms with Gasteiger partial charge in [-0.3, -0.25) is 9.69 Å². The number of carbonyl (C=O) groups excluding carboxylic acids is 1. The third kappa shape index (κ3) is 3.35. The maximum atomic E-state index is 12.5. The van der Waals surface area contributed by atoms with Crippen molar-refractivity contribution in [1.29, 1.82) is 0 Å². The second kappa shape index (κ2) is 7.09. The van der Waals surface area contributed by atoms with E-state index in [0.29, 0.717) is 19.1 Å². The van der Waals surface area contributed by atoms with Gasteiger partial charge in [0.1, 0.15) is 6.54 Å². The minimum atomic E-state index is 0.0310. The minimum Gasteiger partial charge on any atom is -0.373 e. The lowest BCUT2D eigenvalue weighted by molar-refractivity contribution is -0.123. The lowest BCUT2D eigenvalue weighted by Gasteiger charge is -2.35. The van der Waals surface area contributed by atoms with Crippen molar-refractivity contribution in [3.05, 3.63) is 34.4 Å². The molecule has 1 aromatic carbocycles. The third-order valence-corrected chi connectivity index (χ3v) is 6.44. The highest BCUT2D eigenvalue weighted by Crippen LogP contribution is 2.30. The van der Waals surface area contributed by atoms with Crippen LogP contribution < -0.4 is 5.32 Å². The van der Waals surface area contributed by atoms with Crippen molar-refractivity contribution in [2.24, 2.45) is 0 Å². The first kappa shape index (κ1) is 17.1. The smallest absolute Gasteiger partial charge is 0.240 e. The SMILES string of the molecule is Cc1c(Br)c2ccccc2n1CC(=O)NCC1CN2CCCC2CO1. The molecule has 2 aromatic rings. The zero-order valence-electron chi connectivity index (χ0n) is 14.5. The Labute approximate surface area is 156 Å². The third-order valence-electron chi connectivity index (χ3n) is 5.44.